The van der Waals surface area contributed by atoms with Gasteiger partial charge in [0.05, 0.1) is 0 Å². The molecule has 3 unspecified atom stereocenters. The molecule has 0 spiro atoms. The first-order valence-corrected chi connectivity index (χ1v) is 8.01. The van der Waals surface area contributed by atoms with Gasteiger partial charge in [-0.25, -0.2) is 0 Å². The first-order valence-electron chi connectivity index (χ1n) is 3.93. The number of nitrogens with one attached hydrogen (secondary N) is 1. The van der Waals surface area contributed by atoms with Crippen molar-refractivity contribution in [3.63, 3.8) is 0 Å². The van der Waals surface area contributed by atoms with E-state index in [1.54, 1.807) is 0 Å². The fraction of sp³-hybridized carbons (Fsp3) is 1.00. The molecule has 3 atom stereocenters. The van der Waals surface area contributed by atoms with E-state index in [1.807, 2.05) is 0 Å². The van der Waals surface area contributed by atoms with Gasteiger partial charge in [-0.3, -0.25) is 0 Å². The van der Waals surface area contributed by atoms with Gasteiger partial charge in [0.25, 0.3) is 0 Å². The normalized spacial score (nSPS) is 28.4. The number of nitrogens with zero attached hydrogens (tertiary/aromatic N) is 1. The van der Waals surface area contributed by atoms with Crippen LogP contribution in [0.25, 0.3) is 0 Å². The molecule has 0 aromatic heterocycles. The van der Waals surface area contributed by atoms with E-state index in [-0.39, 0.29) is 0 Å². The van der Waals surface area contributed by atoms with Crippen molar-refractivity contribution in [2.45, 2.75) is 17.8 Å². The zero-order valence-corrected chi connectivity index (χ0v) is 10.6. The third-order valence-electron chi connectivity index (χ3n) is 1.98. The van der Waals surface area contributed by atoms with Crippen LogP contribution in [0.15, 0.2) is 0 Å². The molecular formula is C6H16N2P2Se. The van der Waals surface area contributed by atoms with Crippen molar-refractivity contribution >= 4 is 33.4 Å². The third-order valence-corrected chi connectivity index (χ3v) is 4.44. The number of piperazine rings is 1. The molecule has 1 heterocycles. The van der Waals surface area contributed by atoms with Crippen LogP contribution in [-0.4, -0.2) is 46.4 Å². The van der Waals surface area contributed by atoms with Crippen molar-refractivity contribution in [2.75, 3.05) is 19.6 Å². The number of rotatable bonds is 3. The third kappa shape index (κ3) is 3.27. The first kappa shape index (κ1) is 10.4. The fourth-order valence-corrected chi connectivity index (χ4v) is 3.66. The van der Waals surface area contributed by atoms with E-state index in [4.69, 9.17) is 0 Å². The van der Waals surface area contributed by atoms with E-state index in [1.165, 1.54) is 24.8 Å². The van der Waals surface area contributed by atoms with Crippen LogP contribution in [-0.2, 0) is 0 Å². The average Bonchev–Trinajstić information content (AvgIpc) is 2.06. The van der Waals surface area contributed by atoms with Crippen molar-refractivity contribution in [3.8, 4) is 0 Å². The molecule has 1 N–H and O–H groups in total. The van der Waals surface area contributed by atoms with Gasteiger partial charge < -0.3 is 0 Å². The molecule has 11 heavy (non-hydrogen) atoms. The Morgan fingerprint density at radius 1 is 1.73 bits per heavy atom. The summed E-state index contributed by atoms with van der Waals surface area (Å²) >= 11 is 2.67. The van der Waals surface area contributed by atoms with Crippen molar-refractivity contribution < 1.29 is 0 Å². The molecule has 0 amide bonds. The molecule has 0 aromatic rings. The summed E-state index contributed by atoms with van der Waals surface area (Å²) in [7, 11) is 3.74. The van der Waals surface area contributed by atoms with Gasteiger partial charge in [0.15, 0.2) is 0 Å². The minimum atomic E-state index is 0.780. The summed E-state index contributed by atoms with van der Waals surface area (Å²) < 4.78 is 2.56. The SMILES string of the molecule is PPN1CCNCC1CC[SeH]. The average molecular weight is 257 g/mol. The van der Waals surface area contributed by atoms with Gasteiger partial charge in [0.1, 0.15) is 0 Å². The summed E-state index contributed by atoms with van der Waals surface area (Å²) in [6, 6.07) is 0.780. The second-order valence-electron chi connectivity index (χ2n) is 2.69. The fourth-order valence-electron chi connectivity index (χ4n) is 1.34. The van der Waals surface area contributed by atoms with Crippen LogP contribution in [0.4, 0.5) is 0 Å². The van der Waals surface area contributed by atoms with Crippen LogP contribution < -0.4 is 5.32 Å². The van der Waals surface area contributed by atoms with Crippen molar-refractivity contribution in [3.05, 3.63) is 0 Å². The van der Waals surface area contributed by atoms with Gasteiger partial charge >= 0.3 is 80.8 Å². The molecule has 1 aliphatic rings. The topological polar surface area (TPSA) is 15.3 Å². The van der Waals surface area contributed by atoms with Gasteiger partial charge in [0.2, 0.25) is 0 Å². The van der Waals surface area contributed by atoms with Crippen molar-refractivity contribution in [1.82, 2.24) is 9.99 Å². The molecule has 1 fully saturated rings. The van der Waals surface area contributed by atoms with Crippen LogP contribution in [0, 0.1) is 0 Å². The minimum absolute atomic E-state index is 0.780. The Bertz CT molecular complexity index is 113. The zero-order valence-electron chi connectivity index (χ0n) is 6.58. The van der Waals surface area contributed by atoms with E-state index in [9.17, 15) is 0 Å². The maximum atomic E-state index is 3.43. The van der Waals surface area contributed by atoms with Crippen LogP contribution >= 0.6 is 17.3 Å². The predicted octanol–water partition coefficient (Wildman–Crippen LogP) is 0.353. The standard InChI is InChI=1S/C6H16N2P2Se/c9-10-8-3-2-7-5-6(8)1-4-11/h6-7,10-11H,1-5,9H2. The van der Waals surface area contributed by atoms with E-state index < -0.39 is 0 Å². The Morgan fingerprint density at radius 3 is 3.18 bits per heavy atom. The van der Waals surface area contributed by atoms with E-state index in [0.717, 1.165) is 21.0 Å². The molecule has 1 rings (SSSR count). The van der Waals surface area contributed by atoms with Gasteiger partial charge in [-0.2, -0.15) is 0 Å². The number of hydrogen-bond donors (Lipinski definition) is 1. The van der Waals surface area contributed by atoms with Gasteiger partial charge in [-0.1, -0.05) is 0 Å². The molecule has 0 radical (unpaired) electrons. The Morgan fingerprint density at radius 2 is 2.55 bits per heavy atom. The summed E-state index contributed by atoms with van der Waals surface area (Å²) in [6.07, 6.45) is 1.31. The molecular weight excluding hydrogens is 241 g/mol. The van der Waals surface area contributed by atoms with Crippen LogP contribution in [0.2, 0.25) is 5.32 Å². The summed E-state index contributed by atoms with van der Waals surface area (Å²) in [5.41, 5.74) is 0. The quantitative estimate of drug-likeness (QED) is 0.580. The van der Waals surface area contributed by atoms with Gasteiger partial charge in [0, 0.05) is 0 Å². The van der Waals surface area contributed by atoms with Crippen molar-refractivity contribution in [1.29, 1.82) is 0 Å². The Hall–Kier alpha value is 1.30. The van der Waals surface area contributed by atoms with Crippen LogP contribution in [0.5, 0.6) is 0 Å². The van der Waals surface area contributed by atoms with Gasteiger partial charge in [-0.05, 0) is 0 Å². The molecule has 66 valence electrons. The molecule has 1 aliphatic heterocycles. The van der Waals surface area contributed by atoms with E-state index in [0.29, 0.717) is 0 Å². The predicted molar refractivity (Wildman–Crippen MR) is 58.0 cm³/mol. The van der Waals surface area contributed by atoms with Gasteiger partial charge in [-0.15, -0.1) is 0 Å². The summed E-state index contributed by atoms with van der Waals surface area (Å²) in [6.45, 7) is 3.56. The molecule has 1 saturated heterocycles. The Kier molecular flexibility index (Phi) is 5.53. The molecule has 0 aromatic carbocycles. The van der Waals surface area contributed by atoms with Crippen molar-refractivity contribution in [2.24, 2.45) is 0 Å². The second-order valence-corrected chi connectivity index (χ2v) is 5.24. The van der Waals surface area contributed by atoms with E-state index in [2.05, 4.69) is 34.9 Å². The Labute approximate surface area is 81.0 Å². The summed E-state index contributed by atoms with van der Waals surface area (Å²) in [5.74, 6) is 0. The summed E-state index contributed by atoms with van der Waals surface area (Å²) in [4.78, 5) is 0. The number of hydrogen-bond acceptors (Lipinski definition) is 2. The molecule has 5 heteroatoms. The molecule has 0 aliphatic carbocycles. The van der Waals surface area contributed by atoms with Crippen LogP contribution in [0.3, 0.4) is 0 Å². The monoisotopic (exact) mass is 258 g/mol. The maximum absolute atomic E-state index is 3.43. The zero-order chi connectivity index (χ0) is 8.10. The summed E-state index contributed by atoms with van der Waals surface area (Å²) in [5, 5.41) is 4.67. The molecule has 2 nitrogen and oxygen atoms in total. The molecule has 0 saturated carbocycles. The molecule has 0 bridgehead atoms. The van der Waals surface area contributed by atoms with E-state index >= 15 is 0 Å². The second kappa shape index (κ2) is 5.86. The Balaban J connectivity index is 2.31. The first-order chi connectivity index (χ1) is 5.38. The van der Waals surface area contributed by atoms with Crippen LogP contribution in [0.1, 0.15) is 6.42 Å².